The van der Waals surface area contributed by atoms with Gasteiger partial charge in [0.1, 0.15) is 0 Å². The van der Waals surface area contributed by atoms with Crippen LogP contribution in [0, 0.1) is 0 Å². The molecule has 0 atom stereocenters. The van der Waals surface area contributed by atoms with Crippen molar-refractivity contribution in [3.05, 3.63) is 53.1 Å². The van der Waals surface area contributed by atoms with Gasteiger partial charge >= 0.3 is 5.97 Å². The van der Waals surface area contributed by atoms with E-state index >= 15 is 0 Å². The zero-order chi connectivity index (χ0) is 22.9. The summed E-state index contributed by atoms with van der Waals surface area (Å²) >= 11 is 6.31. The molecule has 1 heterocycles. The monoisotopic (exact) mass is 460 g/mol. The molecular weight excluding hydrogens is 432 g/mol. The van der Waals surface area contributed by atoms with Gasteiger partial charge in [-0.3, -0.25) is 4.79 Å². The van der Waals surface area contributed by atoms with Crippen molar-refractivity contribution in [1.29, 1.82) is 0 Å². The van der Waals surface area contributed by atoms with Crippen molar-refractivity contribution in [2.45, 2.75) is 20.3 Å². The van der Waals surface area contributed by atoms with Gasteiger partial charge in [-0.25, -0.2) is 4.79 Å². The summed E-state index contributed by atoms with van der Waals surface area (Å²) < 4.78 is 16.5. The lowest BCUT2D eigenvalue weighted by Crippen LogP contribution is -2.49. The molecule has 172 valence electrons. The zero-order valence-electron chi connectivity index (χ0n) is 18.5. The van der Waals surface area contributed by atoms with Crippen LogP contribution >= 0.6 is 11.6 Å². The first kappa shape index (κ1) is 23.7. The molecule has 1 saturated heterocycles. The third-order valence-electron chi connectivity index (χ3n) is 5.08. The van der Waals surface area contributed by atoms with E-state index in [0.29, 0.717) is 37.8 Å². The van der Waals surface area contributed by atoms with Crippen molar-refractivity contribution >= 4 is 29.2 Å². The van der Waals surface area contributed by atoms with Gasteiger partial charge in [-0.05, 0) is 37.6 Å². The molecule has 3 rings (SSSR count). The van der Waals surface area contributed by atoms with Crippen molar-refractivity contribution in [3.63, 3.8) is 0 Å². The maximum Gasteiger partial charge on any atom is 0.338 e. The number of benzene rings is 2. The van der Waals surface area contributed by atoms with Gasteiger partial charge in [-0.15, -0.1) is 0 Å². The summed E-state index contributed by atoms with van der Waals surface area (Å²) in [7, 11) is 0. The van der Waals surface area contributed by atoms with Gasteiger partial charge in [0.25, 0.3) is 5.91 Å². The van der Waals surface area contributed by atoms with E-state index < -0.39 is 5.97 Å². The highest BCUT2D eigenvalue weighted by Crippen LogP contribution is 2.37. The summed E-state index contributed by atoms with van der Waals surface area (Å²) in [5.41, 5.74) is 1.35. The number of halogens is 1. The number of carbonyl (C=O) groups excluding carboxylic acids is 2. The second-order valence-electron chi connectivity index (χ2n) is 7.35. The molecule has 0 bridgehead atoms. The van der Waals surface area contributed by atoms with Crippen molar-refractivity contribution in [2.75, 3.05) is 50.9 Å². The Hall–Kier alpha value is -2.93. The van der Waals surface area contributed by atoms with Crippen LogP contribution in [0.5, 0.6) is 11.5 Å². The topological polar surface area (TPSA) is 68.3 Å². The Bertz CT molecular complexity index is 914. The molecule has 0 N–H and O–H groups in total. The van der Waals surface area contributed by atoms with Gasteiger partial charge < -0.3 is 24.0 Å². The fourth-order valence-corrected chi connectivity index (χ4v) is 3.71. The molecule has 0 radical (unpaired) electrons. The molecule has 2 aromatic rings. The minimum atomic E-state index is -0.633. The first-order valence-electron chi connectivity index (χ1n) is 10.9. The predicted molar refractivity (Wildman–Crippen MR) is 124 cm³/mol. The zero-order valence-corrected chi connectivity index (χ0v) is 19.3. The highest BCUT2D eigenvalue weighted by atomic mass is 35.5. The summed E-state index contributed by atoms with van der Waals surface area (Å²) in [6.45, 7) is 6.99. The number of anilines is 1. The van der Waals surface area contributed by atoms with Crippen LogP contribution in [0.25, 0.3) is 0 Å². The molecule has 7 nitrogen and oxygen atoms in total. The molecule has 1 aliphatic rings. The number of nitrogens with zero attached hydrogens (tertiary/aromatic N) is 2. The third kappa shape index (κ3) is 6.07. The molecule has 1 amide bonds. The Morgan fingerprint density at radius 2 is 1.72 bits per heavy atom. The van der Waals surface area contributed by atoms with E-state index in [1.165, 1.54) is 12.1 Å². The van der Waals surface area contributed by atoms with E-state index in [9.17, 15) is 9.59 Å². The van der Waals surface area contributed by atoms with Gasteiger partial charge in [0, 0.05) is 31.9 Å². The maximum atomic E-state index is 12.5. The van der Waals surface area contributed by atoms with E-state index in [1.54, 1.807) is 4.90 Å². The highest BCUT2D eigenvalue weighted by molar-refractivity contribution is 6.32. The number of carbonyl (C=O) groups is 2. The van der Waals surface area contributed by atoms with E-state index in [1.807, 2.05) is 32.0 Å². The van der Waals surface area contributed by atoms with Gasteiger partial charge in [0.2, 0.25) is 0 Å². The third-order valence-corrected chi connectivity index (χ3v) is 5.36. The summed E-state index contributed by atoms with van der Waals surface area (Å²) in [6.07, 6.45) is 0.813. The summed E-state index contributed by atoms with van der Waals surface area (Å²) in [6, 6.07) is 13.1. The van der Waals surface area contributed by atoms with Crippen LogP contribution in [0.2, 0.25) is 5.02 Å². The number of hydrogen-bond acceptors (Lipinski definition) is 6. The minimum Gasteiger partial charge on any atom is -0.490 e. The van der Waals surface area contributed by atoms with Gasteiger partial charge in [0.15, 0.2) is 18.1 Å². The molecule has 0 spiro atoms. The SMILES string of the molecule is CCCOc1c(Cl)cc(C(=O)OCC(=O)N2CCN(c3ccccc3)CC2)cc1OCC. The van der Waals surface area contributed by atoms with E-state index in [0.717, 1.165) is 25.2 Å². The number of hydrogen-bond donors (Lipinski definition) is 0. The van der Waals surface area contributed by atoms with Crippen molar-refractivity contribution in [3.8, 4) is 11.5 Å². The van der Waals surface area contributed by atoms with Crippen molar-refractivity contribution < 1.29 is 23.8 Å². The number of amides is 1. The van der Waals surface area contributed by atoms with E-state index in [4.69, 9.17) is 25.8 Å². The molecule has 0 unspecified atom stereocenters. The molecular formula is C24H29ClN2O5. The van der Waals surface area contributed by atoms with Crippen LogP contribution < -0.4 is 14.4 Å². The molecule has 0 saturated carbocycles. The molecule has 0 aliphatic carbocycles. The molecule has 1 aliphatic heterocycles. The van der Waals surface area contributed by atoms with Gasteiger partial charge in [0.05, 0.1) is 23.8 Å². The van der Waals surface area contributed by atoms with Gasteiger partial charge in [-0.2, -0.15) is 0 Å². The maximum absolute atomic E-state index is 12.5. The number of esters is 1. The largest absolute Gasteiger partial charge is 0.490 e. The Balaban J connectivity index is 1.55. The number of para-hydroxylation sites is 1. The lowest BCUT2D eigenvalue weighted by atomic mass is 10.2. The quantitative estimate of drug-likeness (QED) is 0.526. The van der Waals surface area contributed by atoms with E-state index in [2.05, 4.69) is 17.0 Å². The fraction of sp³-hybridized carbons (Fsp3) is 0.417. The Morgan fingerprint density at radius 3 is 2.38 bits per heavy atom. The standard InChI is InChI=1S/C24H29ClN2O5/c1-3-14-31-23-20(25)15-18(16-21(23)30-4-2)24(29)32-17-22(28)27-12-10-26(11-13-27)19-8-6-5-7-9-19/h5-9,15-16H,3-4,10-14,17H2,1-2H3. The second kappa shape index (κ2) is 11.6. The van der Waals surface area contributed by atoms with Crippen molar-refractivity contribution in [1.82, 2.24) is 4.90 Å². The van der Waals surface area contributed by atoms with E-state index in [-0.39, 0.29) is 23.1 Å². The summed E-state index contributed by atoms with van der Waals surface area (Å²) in [5.74, 6) is -0.0701. The molecule has 2 aromatic carbocycles. The van der Waals surface area contributed by atoms with Crippen LogP contribution in [0.15, 0.2) is 42.5 Å². The minimum absolute atomic E-state index is 0.212. The Morgan fingerprint density at radius 1 is 1.00 bits per heavy atom. The molecule has 0 aromatic heterocycles. The lowest BCUT2D eigenvalue weighted by Gasteiger charge is -2.36. The number of piperazine rings is 1. The molecule has 32 heavy (non-hydrogen) atoms. The normalized spacial score (nSPS) is 13.6. The first-order chi connectivity index (χ1) is 15.5. The van der Waals surface area contributed by atoms with Crippen LogP contribution in [0.1, 0.15) is 30.6 Å². The van der Waals surface area contributed by atoms with Crippen molar-refractivity contribution in [2.24, 2.45) is 0 Å². The molecule has 8 heteroatoms. The fourth-order valence-electron chi connectivity index (χ4n) is 3.45. The average molecular weight is 461 g/mol. The summed E-state index contributed by atoms with van der Waals surface area (Å²) in [4.78, 5) is 29.0. The van der Waals surface area contributed by atoms with Crippen LogP contribution in [0.4, 0.5) is 5.69 Å². The molecule has 1 fully saturated rings. The van der Waals surface area contributed by atoms with Crippen LogP contribution in [-0.2, 0) is 9.53 Å². The Kier molecular flexibility index (Phi) is 8.62. The number of rotatable bonds is 9. The van der Waals surface area contributed by atoms with Gasteiger partial charge in [-0.1, -0.05) is 36.7 Å². The second-order valence-corrected chi connectivity index (χ2v) is 7.75. The first-order valence-corrected chi connectivity index (χ1v) is 11.2. The van der Waals surface area contributed by atoms with Crippen LogP contribution in [-0.4, -0.2) is 62.8 Å². The average Bonchev–Trinajstić information content (AvgIpc) is 2.82. The number of ether oxygens (including phenoxy) is 3. The highest BCUT2D eigenvalue weighted by Gasteiger charge is 2.23. The Labute approximate surface area is 193 Å². The smallest absolute Gasteiger partial charge is 0.338 e. The lowest BCUT2D eigenvalue weighted by molar-refractivity contribution is -0.134. The summed E-state index contributed by atoms with van der Waals surface area (Å²) in [5, 5.41) is 0.264. The van der Waals surface area contributed by atoms with Crippen LogP contribution in [0.3, 0.4) is 0 Å². The predicted octanol–water partition coefficient (Wildman–Crippen LogP) is 4.03.